The molecule has 1 unspecified atom stereocenters. The van der Waals surface area contributed by atoms with Crippen LogP contribution >= 0.6 is 0 Å². The minimum atomic E-state index is 0.628. The van der Waals surface area contributed by atoms with Crippen LogP contribution in [0.3, 0.4) is 0 Å². The topological polar surface area (TPSA) is 28.2 Å². The fraction of sp³-hybridized carbons (Fsp3) is 0.438. The predicted molar refractivity (Wildman–Crippen MR) is 79.1 cm³/mol. The second kappa shape index (κ2) is 5.68. The van der Waals surface area contributed by atoms with E-state index in [0.717, 1.165) is 31.7 Å². The minimum absolute atomic E-state index is 0.628. The Morgan fingerprint density at radius 3 is 3.05 bits per heavy atom. The van der Waals surface area contributed by atoms with E-state index in [9.17, 15) is 0 Å². The zero-order valence-corrected chi connectivity index (χ0v) is 11.5. The summed E-state index contributed by atoms with van der Waals surface area (Å²) < 4.78 is 0. The van der Waals surface area contributed by atoms with E-state index in [1.54, 1.807) is 0 Å². The Morgan fingerprint density at radius 1 is 1.21 bits per heavy atom. The number of rotatable bonds is 2. The van der Waals surface area contributed by atoms with Gasteiger partial charge in [0.05, 0.1) is 11.2 Å². The molecule has 3 nitrogen and oxygen atoms in total. The molecule has 1 aliphatic heterocycles. The molecule has 0 saturated carbocycles. The first-order valence-corrected chi connectivity index (χ1v) is 7.12. The zero-order chi connectivity index (χ0) is 13.1. The smallest absolute Gasteiger partial charge is 0.0705 e. The largest absolute Gasteiger partial charge is 0.315 e. The molecule has 1 aliphatic rings. The third-order valence-corrected chi connectivity index (χ3v) is 3.96. The number of para-hydroxylation sites is 1. The normalized spacial score (nSPS) is 21.4. The van der Waals surface area contributed by atoms with Crippen molar-refractivity contribution in [1.29, 1.82) is 0 Å². The molecule has 1 N–H and O–H groups in total. The summed E-state index contributed by atoms with van der Waals surface area (Å²) in [6.07, 6.45) is 1.22. The summed E-state index contributed by atoms with van der Waals surface area (Å²) >= 11 is 0. The lowest BCUT2D eigenvalue weighted by Crippen LogP contribution is -2.34. The van der Waals surface area contributed by atoms with E-state index in [1.807, 2.05) is 0 Å². The Balaban J connectivity index is 1.80. The fourth-order valence-corrected chi connectivity index (χ4v) is 2.70. The molecule has 0 spiro atoms. The van der Waals surface area contributed by atoms with E-state index in [0.29, 0.717) is 6.04 Å². The molecular weight excluding hydrogens is 234 g/mol. The van der Waals surface area contributed by atoms with Crippen molar-refractivity contribution in [3.05, 3.63) is 42.1 Å². The highest BCUT2D eigenvalue weighted by molar-refractivity contribution is 5.78. The van der Waals surface area contributed by atoms with Crippen molar-refractivity contribution >= 4 is 10.9 Å². The molecule has 0 amide bonds. The molecule has 0 bridgehead atoms. The van der Waals surface area contributed by atoms with Crippen molar-refractivity contribution in [3.8, 4) is 0 Å². The number of nitrogens with one attached hydrogen (secondary N) is 1. The first-order valence-electron chi connectivity index (χ1n) is 7.12. The molecule has 1 fully saturated rings. The maximum Gasteiger partial charge on any atom is 0.0705 e. The van der Waals surface area contributed by atoms with Gasteiger partial charge in [-0.15, -0.1) is 0 Å². The molecule has 19 heavy (non-hydrogen) atoms. The van der Waals surface area contributed by atoms with E-state index in [1.165, 1.54) is 17.5 Å². The quantitative estimate of drug-likeness (QED) is 0.893. The van der Waals surface area contributed by atoms with Crippen LogP contribution in [0.2, 0.25) is 0 Å². The van der Waals surface area contributed by atoms with Gasteiger partial charge in [-0.3, -0.25) is 9.88 Å². The van der Waals surface area contributed by atoms with Crippen LogP contribution < -0.4 is 5.32 Å². The van der Waals surface area contributed by atoms with Crippen molar-refractivity contribution < 1.29 is 0 Å². The van der Waals surface area contributed by atoms with Crippen LogP contribution in [0.5, 0.6) is 0 Å². The van der Waals surface area contributed by atoms with Gasteiger partial charge in [0.15, 0.2) is 0 Å². The van der Waals surface area contributed by atoms with Gasteiger partial charge >= 0.3 is 0 Å². The number of benzene rings is 1. The summed E-state index contributed by atoms with van der Waals surface area (Å²) in [7, 11) is 0. The Hall–Kier alpha value is -1.45. The third kappa shape index (κ3) is 2.94. The van der Waals surface area contributed by atoms with Gasteiger partial charge in [0.25, 0.3) is 0 Å². The van der Waals surface area contributed by atoms with Crippen LogP contribution in [-0.4, -0.2) is 35.6 Å². The molecular formula is C16H21N3. The van der Waals surface area contributed by atoms with Crippen LogP contribution in [0.15, 0.2) is 36.4 Å². The molecule has 1 aromatic carbocycles. The molecule has 2 heterocycles. The van der Waals surface area contributed by atoms with Gasteiger partial charge in [0, 0.05) is 31.1 Å². The molecule has 1 saturated heterocycles. The lowest BCUT2D eigenvalue weighted by molar-refractivity contribution is 0.209. The Morgan fingerprint density at radius 2 is 2.11 bits per heavy atom. The Labute approximate surface area is 114 Å². The monoisotopic (exact) mass is 255 g/mol. The number of nitrogens with zero attached hydrogens (tertiary/aromatic N) is 2. The molecule has 100 valence electrons. The molecule has 1 aromatic heterocycles. The summed E-state index contributed by atoms with van der Waals surface area (Å²) in [5.74, 6) is 0. The van der Waals surface area contributed by atoms with Crippen LogP contribution in [0.25, 0.3) is 10.9 Å². The van der Waals surface area contributed by atoms with Gasteiger partial charge in [-0.25, -0.2) is 0 Å². The van der Waals surface area contributed by atoms with Gasteiger partial charge < -0.3 is 5.32 Å². The maximum absolute atomic E-state index is 4.77. The van der Waals surface area contributed by atoms with Crippen LogP contribution in [-0.2, 0) is 6.54 Å². The van der Waals surface area contributed by atoms with Crippen molar-refractivity contribution in [2.75, 3.05) is 19.6 Å². The highest BCUT2D eigenvalue weighted by Crippen LogP contribution is 2.15. The van der Waals surface area contributed by atoms with Crippen molar-refractivity contribution in [3.63, 3.8) is 0 Å². The van der Waals surface area contributed by atoms with Crippen LogP contribution in [0, 0.1) is 0 Å². The number of hydrogen-bond acceptors (Lipinski definition) is 3. The number of aromatic nitrogens is 1. The summed E-state index contributed by atoms with van der Waals surface area (Å²) in [6.45, 7) is 6.58. The Kier molecular flexibility index (Phi) is 3.76. The third-order valence-electron chi connectivity index (χ3n) is 3.96. The van der Waals surface area contributed by atoms with Crippen LogP contribution in [0.1, 0.15) is 19.0 Å². The molecule has 0 aliphatic carbocycles. The minimum Gasteiger partial charge on any atom is -0.315 e. The summed E-state index contributed by atoms with van der Waals surface area (Å²) in [5, 5.41) is 4.68. The SMILES string of the molecule is CC1CCNCCN1Cc1ccc2ccccc2n1. The standard InChI is InChI=1S/C16H21N3/c1-13-8-9-17-10-11-19(13)12-15-7-6-14-4-2-3-5-16(14)18-15/h2-7,13,17H,8-12H2,1H3. The van der Waals surface area contributed by atoms with Crippen molar-refractivity contribution in [1.82, 2.24) is 15.2 Å². The van der Waals surface area contributed by atoms with Gasteiger partial charge in [0.2, 0.25) is 0 Å². The lowest BCUT2D eigenvalue weighted by Gasteiger charge is -2.26. The second-order valence-corrected chi connectivity index (χ2v) is 5.35. The van der Waals surface area contributed by atoms with Gasteiger partial charge in [0.1, 0.15) is 0 Å². The number of hydrogen-bond donors (Lipinski definition) is 1. The first-order chi connectivity index (χ1) is 9.33. The van der Waals surface area contributed by atoms with E-state index in [-0.39, 0.29) is 0 Å². The zero-order valence-electron chi connectivity index (χ0n) is 11.5. The average molecular weight is 255 g/mol. The summed E-state index contributed by atoms with van der Waals surface area (Å²) in [5.41, 5.74) is 2.27. The predicted octanol–water partition coefficient (Wildman–Crippen LogP) is 2.42. The van der Waals surface area contributed by atoms with Gasteiger partial charge in [-0.05, 0) is 32.0 Å². The highest BCUT2D eigenvalue weighted by Gasteiger charge is 2.17. The van der Waals surface area contributed by atoms with Crippen LogP contribution in [0.4, 0.5) is 0 Å². The van der Waals surface area contributed by atoms with E-state index >= 15 is 0 Å². The van der Waals surface area contributed by atoms with E-state index in [2.05, 4.69) is 53.5 Å². The fourth-order valence-electron chi connectivity index (χ4n) is 2.70. The Bertz CT molecular complexity index is 552. The maximum atomic E-state index is 4.77. The summed E-state index contributed by atoms with van der Waals surface area (Å²) in [4.78, 5) is 7.30. The van der Waals surface area contributed by atoms with Gasteiger partial charge in [-0.1, -0.05) is 24.3 Å². The highest BCUT2D eigenvalue weighted by atomic mass is 15.2. The average Bonchev–Trinajstić information content (AvgIpc) is 2.64. The van der Waals surface area contributed by atoms with E-state index in [4.69, 9.17) is 4.98 Å². The molecule has 3 heteroatoms. The molecule has 2 aromatic rings. The molecule has 1 atom stereocenters. The lowest BCUT2D eigenvalue weighted by atomic mass is 10.1. The molecule has 3 rings (SSSR count). The van der Waals surface area contributed by atoms with Gasteiger partial charge in [-0.2, -0.15) is 0 Å². The van der Waals surface area contributed by atoms with Crippen molar-refractivity contribution in [2.24, 2.45) is 0 Å². The van der Waals surface area contributed by atoms with E-state index < -0.39 is 0 Å². The summed E-state index contributed by atoms with van der Waals surface area (Å²) in [6, 6.07) is 13.3. The first kappa shape index (κ1) is 12.6. The molecule has 0 radical (unpaired) electrons. The second-order valence-electron chi connectivity index (χ2n) is 5.35. The van der Waals surface area contributed by atoms with Crippen molar-refractivity contribution in [2.45, 2.75) is 25.9 Å². The number of fused-ring (bicyclic) bond motifs is 1. The number of pyridine rings is 1.